The lowest BCUT2D eigenvalue weighted by Gasteiger charge is -2.27. The number of rotatable bonds is 3. The van der Waals surface area contributed by atoms with Crippen LogP contribution in [-0.4, -0.2) is 0 Å². The second-order valence-electron chi connectivity index (χ2n) is 4.64. The van der Waals surface area contributed by atoms with Crippen LogP contribution in [0.2, 0.25) is 0 Å². The van der Waals surface area contributed by atoms with Gasteiger partial charge in [0.05, 0.1) is 0 Å². The fraction of sp³-hybridized carbons (Fsp3) is 0.176. The molecular weight excluding hydrogens is 204 g/mol. The Balaban J connectivity index is 2.56. The zero-order valence-corrected chi connectivity index (χ0v) is 10.5. The molecule has 0 heterocycles. The summed E-state index contributed by atoms with van der Waals surface area (Å²) in [7, 11) is 0. The van der Waals surface area contributed by atoms with E-state index in [0.29, 0.717) is 0 Å². The maximum atomic E-state index is 4.02. The van der Waals surface area contributed by atoms with Gasteiger partial charge in [-0.2, -0.15) is 0 Å². The van der Waals surface area contributed by atoms with Crippen molar-refractivity contribution < 1.29 is 0 Å². The average molecular weight is 222 g/mol. The number of benzene rings is 2. The van der Waals surface area contributed by atoms with Crippen molar-refractivity contribution in [1.82, 2.24) is 0 Å². The van der Waals surface area contributed by atoms with Crippen molar-refractivity contribution in [2.75, 3.05) is 0 Å². The molecule has 0 aromatic heterocycles. The topological polar surface area (TPSA) is 0 Å². The Morgan fingerprint density at radius 1 is 0.941 bits per heavy atom. The lowest BCUT2D eigenvalue weighted by atomic mass is 9.76. The van der Waals surface area contributed by atoms with Crippen LogP contribution in [0.1, 0.15) is 23.6 Å². The van der Waals surface area contributed by atoms with Crippen molar-refractivity contribution in [3.05, 3.63) is 83.9 Å². The number of allylic oxidation sites excluding steroid dienone is 1. The monoisotopic (exact) mass is 222 g/mol. The maximum Gasteiger partial charge on any atom is 0.0351 e. The summed E-state index contributed by atoms with van der Waals surface area (Å²) >= 11 is 0. The largest absolute Gasteiger partial charge is 0.102 e. The third-order valence-electron chi connectivity index (χ3n) is 3.40. The van der Waals surface area contributed by atoms with Crippen LogP contribution in [0.5, 0.6) is 0 Å². The summed E-state index contributed by atoms with van der Waals surface area (Å²) in [6.07, 6.45) is 2.02. The molecular formula is C17H18. The minimum atomic E-state index is -0.118. The van der Waals surface area contributed by atoms with Crippen LogP contribution in [0, 0.1) is 6.92 Å². The van der Waals surface area contributed by atoms with Crippen LogP contribution in [0.25, 0.3) is 0 Å². The second-order valence-corrected chi connectivity index (χ2v) is 4.64. The normalized spacial score (nSPS) is 14.0. The summed E-state index contributed by atoms with van der Waals surface area (Å²) in [5, 5.41) is 0. The minimum absolute atomic E-state index is 0.118. The molecule has 0 heteroatoms. The number of hydrogen-bond acceptors (Lipinski definition) is 0. The molecule has 0 radical (unpaired) electrons. The third-order valence-corrected chi connectivity index (χ3v) is 3.40. The Labute approximate surface area is 104 Å². The lowest BCUT2D eigenvalue weighted by molar-refractivity contribution is 0.725. The highest BCUT2D eigenvalue weighted by Gasteiger charge is 2.24. The van der Waals surface area contributed by atoms with E-state index in [1.54, 1.807) is 0 Å². The highest BCUT2D eigenvalue weighted by molar-refractivity contribution is 5.43. The zero-order chi connectivity index (χ0) is 12.3. The molecule has 17 heavy (non-hydrogen) atoms. The van der Waals surface area contributed by atoms with Crippen molar-refractivity contribution in [1.29, 1.82) is 0 Å². The van der Waals surface area contributed by atoms with Crippen LogP contribution >= 0.6 is 0 Å². The molecule has 2 rings (SSSR count). The van der Waals surface area contributed by atoms with Crippen LogP contribution in [0.4, 0.5) is 0 Å². The molecule has 0 N–H and O–H groups in total. The fourth-order valence-electron chi connectivity index (χ4n) is 2.15. The molecule has 86 valence electrons. The van der Waals surface area contributed by atoms with E-state index >= 15 is 0 Å². The van der Waals surface area contributed by atoms with E-state index in [2.05, 4.69) is 69.0 Å². The first-order valence-electron chi connectivity index (χ1n) is 5.93. The van der Waals surface area contributed by atoms with Crippen molar-refractivity contribution in [3.63, 3.8) is 0 Å². The summed E-state index contributed by atoms with van der Waals surface area (Å²) in [5.74, 6) is 0. The first-order valence-corrected chi connectivity index (χ1v) is 5.93. The van der Waals surface area contributed by atoms with Gasteiger partial charge < -0.3 is 0 Å². The number of aryl methyl sites for hydroxylation is 1. The molecule has 1 atom stereocenters. The molecule has 0 nitrogen and oxygen atoms in total. The van der Waals surface area contributed by atoms with Gasteiger partial charge >= 0.3 is 0 Å². The zero-order valence-electron chi connectivity index (χ0n) is 10.5. The SMILES string of the molecule is C=C[C@@](C)(c1ccccc1)c1cccc(C)c1. The summed E-state index contributed by atoms with van der Waals surface area (Å²) in [6, 6.07) is 19.1. The van der Waals surface area contributed by atoms with E-state index in [1.807, 2.05) is 12.1 Å². The van der Waals surface area contributed by atoms with Gasteiger partial charge in [-0.05, 0) is 25.0 Å². The van der Waals surface area contributed by atoms with Gasteiger partial charge in [0, 0.05) is 5.41 Å². The predicted molar refractivity (Wildman–Crippen MR) is 74.3 cm³/mol. The van der Waals surface area contributed by atoms with Gasteiger partial charge in [0.1, 0.15) is 0 Å². The molecule has 0 fully saturated rings. The minimum Gasteiger partial charge on any atom is -0.102 e. The van der Waals surface area contributed by atoms with Gasteiger partial charge in [-0.1, -0.05) is 66.2 Å². The maximum absolute atomic E-state index is 4.02. The van der Waals surface area contributed by atoms with Crippen molar-refractivity contribution >= 4 is 0 Å². The summed E-state index contributed by atoms with van der Waals surface area (Å²) < 4.78 is 0. The van der Waals surface area contributed by atoms with Gasteiger partial charge in [0.15, 0.2) is 0 Å². The molecule has 2 aromatic rings. The molecule has 0 unspecified atom stereocenters. The van der Waals surface area contributed by atoms with E-state index in [4.69, 9.17) is 0 Å². The van der Waals surface area contributed by atoms with Crippen LogP contribution in [0.3, 0.4) is 0 Å². The molecule has 0 bridgehead atoms. The molecule has 2 aromatic carbocycles. The fourth-order valence-corrected chi connectivity index (χ4v) is 2.15. The predicted octanol–water partition coefficient (Wildman–Crippen LogP) is 4.49. The Bertz CT molecular complexity index is 511. The van der Waals surface area contributed by atoms with Crippen LogP contribution in [-0.2, 0) is 5.41 Å². The standard InChI is InChI=1S/C17H18/c1-4-17(3,15-10-6-5-7-11-15)16-12-8-9-14(2)13-16/h4-13H,1H2,2-3H3/t17-/m0/s1. The molecule has 0 saturated carbocycles. The molecule has 0 saturated heterocycles. The van der Waals surface area contributed by atoms with Gasteiger partial charge in [-0.25, -0.2) is 0 Å². The van der Waals surface area contributed by atoms with Crippen LogP contribution < -0.4 is 0 Å². The van der Waals surface area contributed by atoms with E-state index in [0.717, 1.165) is 0 Å². The summed E-state index contributed by atoms with van der Waals surface area (Å²) in [5.41, 5.74) is 3.73. The number of hydrogen-bond donors (Lipinski definition) is 0. The average Bonchev–Trinajstić information content (AvgIpc) is 2.39. The van der Waals surface area contributed by atoms with Crippen molar-refractivity contribution in [2.45, 2.75) is 19.3 Å². The van der Waals surface area contributed by atoms with E-state index in [1.165, 1.54) is 16.7 Å². The van der Waals surface area contributed by atoms with E-state index < -0.39 is 0 Å². The van der Waals surface area contributed by atoms with Gasteiger partial charge in [0.2, 0.25) is 0 Å². The summed E-state index contributed by atoms with van der Waals surface area (Å²) in [4.78, 5) is 0. The Morgan fingerprint density at radius 2 is 1.59 bits per heavy atom. The Hall–Kier alpha value is -1.82. The smallest absolute Gasteiger partial charge is 0.0351 e. The van der Waals surface area contributed by atoms with E-state index in [9.17, 15) is 0 Å². The molecule has 0 spiro atoms. The molecule has 0 amide bonds. The third kappa shape index (κ3) is 2.16. The molecule has 0 aliphatic carbocycles. The highest BCUT2D eigenvalue weighted by Crippen LogP contribution is 2.33. The first-order chi connectivity index (χ1) is 8.16. The lowest BCUT2D eigenvalue weighted by Crippen LogP contribution is -2.20. The highest BCUT2D eigenvalue weighted by atomic mass is 14.3. The summed E-state index contributed by atoms with van der Waals surface area (Å²) in [6.45, 7) is 8.35. The van der Waals surface area contributed by atoms with Crippen molar-refractivity contribution in [3.8, 4) is 0 Å². The van der Waals surface area contributed by atoms with Crippen LogP contribution in [0.15, 0.2) is 67.3 Å². The Morgan fingerprint density at radius 3 is 2.18 bits per heavy atom. The molecule has 0 aliphatic heterocycles. The first kappa shape index (κ1) is 11.7. The van der Waals surface area contributed by atoms with E-state index in [-0.39, 0.29) is 5.41 Å². The quantitative estimate of drug-likeness (QED) is 0.671. The Kier molecular flexibility index (Phi) is 3.14. The van der Waals surface area contributed by atoms with Gasteiger partial charge in [-0.3, -0.25) is 0 Å². The second kappa shape index (κ2) is 4.58. The van der Waals surface area contributed by atoms with Gasteiger partial charge in [0.25, 0.3) is 0 Å². The molecule has 0 aliphatic rings. The van der Waals surface area contributed by atoms with Gasteiger partial charge in [-0.15, -0.1) is 6.58 Å². The van der Waals surface area contributed by atoms with Crippen molar-refractivity contribution in [2.24, 2.45) is 0 Å².